The molecule has 0 radical (unpaired) electrons. The third-order valence-electron chi connectivity index (χ3n) is 5.21. The van der Waals surface area contributed by atoms with Crippen molar-refractivity contribution in [3.63, 3.8) is 0 Å². The molecule has 1 aromatic carbocycles. The number of nitrogens with one attached hydrogen (secondary N) is 1. The molecular weight excluding hydrogens is 352 g/mol. The van der Waals surface area contributed by atoms with Crippen LogP contribution in [0.15, 0.2) is 47.6 Å². The average Bonchev–Trinajstić information content (AvgIpc) is 3.22. The number of hydrogen-bond acceptors (Lipinski definition) is 6. The van der Waals surface area contributed by atoms with Crippen LogP contribution in [0.3, 0.4) is 0 Å². The lowest BCUT2D eigenvalue weighted by Gasteiger charge is -2.20. The Morgan fingerprint density at radius 3 is 2.73 bits per heavy atom. The number of rotatable bonds is 5. The van der Waals surface area contributed by atoms with Crippen molar-refractivity contribution in [2.75, 3.05) is 31.6 Å². The molecule has 0 aliphatic carbocycles. The van der Waals surface area contributed by atoms with Gasteiger partial charge in [-0.3, -0.25) is 0 Å². The quantitative estimate of drug-likeness (QED) is 0.854. The number of aromatic nitrogens is 2. The van der Waals surface area contributed by atoms with E-state index < -0.39 is 10.0 Å². The number of anilines is 1. The normalized spacial score (nSPS) is 26.0. The molecule has 4 rings (SSSR count). The van der Waals surface area contributed by atoms with Crippen LogP contribution in [0.4, 0.5) is 5.95 Å². The van der Waals surface area contributed by atoms with E-state index in [0.717, 1.165) is 5.56 Å². The van der Waals surface area contributed by atoms with Gasteiger partial charge >= 0.3 is 0 Å². The third kappa shape index (κ3) is 3.20. The van der Waals surface area contributed by atoms with Crippen molar-refractivity contribution >= 4 is 16.0 Å². The summed E-state index contributed by atoms with van der Waals surface area (Å²) in [7, 11) is -3.49. The van der Waals surface area contributed by atoms with Crippen LogP contribution in [0.25, 0.3) is 0 Å². The zero-order chi connectivity index (χ0) is 18.1. The Bertz CT molecular complexity index is 875. The molecule has 7 nitrogen and oxygen atoms in total. The maximum absolute atomic E-state index is 13.0. The molecule has 0 saturated carbocycles. The van der Waals surface area contributed by atoms with E-state index in [0.29, 0.717) is 37.1 Å². The largest absolute Gasteiger partial charge is 0.376 e. The van der Waals surface area contributed by atoms with Gasteiger partial charge in [-0.15, -0.1) is 0 Å². The molecule has 0 spiro atoms. The van der Waals surface area contributed by atoms with Crippen LogP contribution in [-0.4, -0.2) is 55.0 Å². The number of ether oxygens (including phenoxy) is 1. The topological polar surface area (TPSA) is 84.4 Å². The molecule has 3 heterocycles. The maximum Gasteiger partial charge on any atom is 0.243 e. The van der Waals surface area contributed by atoms with Gasteiger partial charge < -0.3 is 10.1 Å². The molecule has 2 aromatic rings. The highest BCUT2D eigenvalue weighted by Crippen LogP contribution is 2.36. The van der Waals surface area contributed by atoms with E-state index in [1.807, 2.05) is 19.1 Å². The van der Waals surface area contributed by atoms with E-state index in [4.69, 9.17) is 4.74 Å². The Hall–Kier alpha value is -2.03. The maximum atomic E-state index is 13.0. The molecule has 1 N–H and O–H groups in total. The van der Waals surface area contributed by atoms with Crippen molar-refractivity contribution in [2.45, 2.75) is 17.9 Å². The summed E-state index contributed by atoms with van der Waals surface area (Å²) in [5.41, 5.74) is 0.768. The van der Waals surface area contributed by atoms with Crippen molar-refractivity contribution in [1.82, 2.24) is 14.3 Å². The van der Waals surface area contributed by atoms with Gasteiger partial charge in [-0.25, -0.2) is 18.4 Å². The highest BCUT2D eigenvalue weighted by Gasteiger charge is 2.47. The highest BCUT2D eigenvalue weighted by molar-refractivity contribution is 7.89. The van der Waals surface area contributed by atoms with Crippen LogP contribution >= 0.6 is 0 Å². The summed E-state index contributed by atoms with van der Waals surface area (Å²) in [6.07, 6.45) is 3.34. The lowest BCUT2D eigenvalue weighted by atomic mass is 9.93. The molecule has 2 aliphatic rings. The van der Waals surface area contributed by atoms with Gasteiger partial charge in [0.15, 0.2) is 0 Å². The Morgan fingerprint density at radius 2 is 1.96 bits per heavy atom. The summed E-state index contributed by atoms with van der Waals surface area (Å²) >= 11 is 0. The van der Waals surface area contributed by atoms with Crippen LogP contribution in [0.2, 0.25) is 0 Å². The number of aryl methyl sites for hydroxylation is 1. The molecule has 2 saturated heterocycles. The number of fused-ring (bicyclic) bond motifs is 1. The van der Waals surface area contributed by atoms with E-state index in [9.17, 15) is 8.42 Å². The molecule has 0 unspecified atom stereocenters. The molecular formula is C18H22N4O3S. The van der Waals surface area contributed by atoms with Crippen molar-refractivity contribution in [3.05, 3.63) is 48.3 Å². The first-order valence-electron chi connectivity index (χ1n) is 8.74. The lowest BCUT2D eigenvalue weighted by Crippen LogP contribution is -2.32. The van der Waals surface area contributed by atoms with Gasteiger partial charge in [0.25, 0.3) is 0 Å². The van der Waals surface area contributed by atoms with Gasteiger partial charge in [0.1, 0.15) is 0 Å². The van der Waals surface area contributed by atoms with E-state index in [-0.39, 0.29) is 17.9 Å². The number of benzene rings is 1. The minimum atomic E-state index is -3.49. The Kier molecular flexibility index (Phi) is 4.64. The standard InChI is InChI=1S/C18H22N4O3S/c1-13-5-2-3-6-17(13)26(23,24)22-10-15-14(12-25-16(15)11-22)9-21-18-19-7-4-8-20-18/h2-8,14-16H,9-12H2,1H3,(H,19,20,21)/t14-,15-,16-/m0/s1. The van der Waals surface area contributed by atoms with Crippen LogP contribution in [0.1, 0.15) is 5.56 Å². The van der Waals surface area contributed by atoms with Gasteiger partial charge in [-0.1, -0.05) is 18.2 Å². The Balaban J connectivity index is 1.45. The van der Waals surface area contributed by atoms with Crippen molar-refractivity contribution < 1.29 is 13.2 Å². The molecule has 1 aromatic heterocycles. The third-order valence-corrected chi connectivity index (χ3v) is 7.20. The van der Waals surface area contributed by atoms with Crippen LogP contribution < -0.4 is 5.32 Å². The molecule has 138 valence electrons. The second-order valence-corrected chi connectivity index (χ2v) is 8.74. The fourth-order valence-corrected chi connectivity index (χ4v) is 5.48. The van der Waals surface area contributed by atoms with Crippen molar-refractivity contribution in [2.24, 2.45) is 11.8 Å². The van der Waals surface area contributed by atoms with Crippen molar-refractivity contribution in [1.29, 1.82) is 0 Å². The predicted molar refractivity (Wildman–Crippen MR) is 97.2 cm³/mol. The Morgan fingerprint density at radius 1 is 1.19 bits per heavy atom. The monoisotopic (exact) mass is 374 g/mol. The molecule has 2 fully saturated rings. The smallest absolute Gasteiger partial charge is 0.243 e. The second kappa shape index (κ2) is 6.94. The van der Waals surface area contributed by atoms with Crippen molar-refractivity contribution in [3.8, 4) is 0 Å². The van der Waals surface area contributed by atoms with Gasteiger partial charge in [0.05, 0.1) is 17.6 Å². The fourth-order valence-electron chi connectivity index (χ4n) is 3.77. The highest BCUT2D eigenvalue weighted by atomic mass is 32.2. The van der Waals surface area contributed by atoms with Crippen LogP contribution in [0, 0.1) is 18.8 Å². The first kappa shape index (κ1) is 17.4. The minimum Gasteiger partial charge on any atom is -0.376 e. The second-order valence-electron chi connectivity index (χ2n) is 6.84. The van der Waals surface area contributed by atoms with Gasteiger partial charge in [-0.05, 0) is 24.6 Å². The van der Waals surface area contributed by atoms with Crippen LogP contribution in [-0.2, 0) is 14.8 Å². The Labute approximate surface area is 153 Å². The first-order chi connectivity index (χ1) is 12.6. The van der Waals surface area contributed by atoms with Gasteiger partial charge in [0, 0.05) is 43.9 Å². The predicted octanol–water partition coefficient (Wildman–Crippen LogP) is 1.53. The minimum absolute atomic E-state index is 0.0442. The molecule has 0 amide bonds. The molecule has 2 aliphatic heterocycles. The fraction of sp³-hybridized carbons (Fsp3) is 0.444. The summed E-state index contributed by atoms with van der Waals surface area (Å²) in [6.45, 7) is 4.03. The SMILES string of the molecule is Cc1ccccc1S(=O)(=O)N1C[C@H]2[C@@H](CNc3ncccn3)CO[C@H]2C1. The summed E-state index contributed by atoms with van der Waals surface area (Å²) in [5.74, 6) is 1.00. The summed E-state index contributed by atoms with van der Waals surface area (Å²) < 4.78 is 33.5. The number of hydrogen-bond donors (Lipinski definition) is 1. The zero-order valence-corrected chi connectivity index (χ0v) is 15.4. The van der Waals surface area contributed by atoms with Gasteiger partial charge in [0.2, 0.25) is 16.0 Å². The zero-order valence-electron chi connectivity index (χ0n) is 14.6. The molecule has 3 atom stereocenters. The van der Waals surface area contributed by atoms with Crippen LogP contribution in [0.5, 0.6) is 0 Å². The molecule has 8 heteroatoms. The van der Waals surface area contributed by atoms with E-state index >= 15 is 0 Å². The lowest BCUT2D eigenvalue weighted by molar-refractivity contribution is 0.104. The summed E-state index contributed by atoms with van der Waals surface area (Å²) in [4.78, 5) is 8.70. The van der Waals surface area contributed by atoms with E-state index in [2.05, 4.69) is 15.3 Å². The van der Waals surface area contributed by atoms with E-state index in [1.54, 1.807) is 34.9 Å². The van der Waals surface area contributed by atoms with Gasteiger partial charge in [-0.2, -0.15) is 4.31 Å². The molecule has 0 bridgehead atoms. The average molecular weight is 374 g/mol. The number of sulfonamides is 1. The summed E-state index contributed by atoms with van der Waals surface area (Å²) in [6, 6.07) is 8.88. The summed E-state index contributed by atoms with van der Waals surface area (Å²) in [5, 5.41) is 3.22. The first-order valence-corrected chi connectivity index (χ1v) is 10.2. The molecule has 26 heavy (non-hydrogen) atoms. The van der Waals surface area contributed by atoms with E-state index in [1.165, 1.54) is 0 Å². The number of nitrogens with zero attached hydrogens (tertiary/aromatic N) is 3.